The topological polar surface area (TPSA) is 67.9 Å². The van der Waals surface area contributed by atoms with Crippen molar-refractivity contribution in [3.8, 4) is 5.82 Å². The molecule has 0 saturated carbocycles. The van der Waals surface area contributed by atoms with Crippen LogP contribution in [0.3, 0.4) is 0 Å². The van der Waals surface area contributed by atoms with Crippen molar-refractivity contribution < 1.29 is 0 Å². The molecule has 0 aliphatic carbocycles. The van der Waals surface area contributed by atoms with Crippen LogP contribution in [0, 0.1) is 11.8 Å². The fourth-order valence-electron chi connectivity index (χ4n) is 4.22. The molecule has 0 radical (unpaired) electrons. The van der Waals surface area contributed by atoms with Crippen molar-refractivity contribution in [3.63, 3.8) is 0 Å². The fraction of sp³-hybridized carbons (Fsp3) is 0.444. The second-order valence-electron chi connectivity index (χ2n) is 7.33. The van der Waals surface area contributed by atoms with Gasteiger partial charge in [0.1, 0.15) is 12.1 Å². The summed E-state index contributed by atoms with van der Waals surface area (Å²) in [5, 5.41) is 4.26. The summed E-state index contributed by atoms with van der Waals surface area (Å²) < 4.78 is 3.79. The van der Waals surface area contributed by atoms with Crippen LogP contribution in [-0.4, -0.2) is 60.4 Å². The molecule has 0 aromatic carbocycles. The highest BCUT2D eigenvalue weighted by molar-refractivity contribution is 5.44. The molecule has 26 heavy (non-hydrogen) atoms. The van der Waals surface area contributed by atoms with E-state index in [0.29, 0.717) is 11.8 Å². The molecule has 0 N–H and O–H groups in total. The Kier molecular flexibility index (Phi) is 3.70. The first-order chi connectivity index (χ1) is 12.7. The van der Waals surface area contributed by atoms with E-state index in [1.807, 2.05) is 36.3 Å². The van der Waals surface area contributed by atoms with Gasteiger partial charge in [-0.15, -0.1) is 0 Å². The maximum absolute atomic E-state index is 4.50. The highest BCUT2D eigenvalue weighted by Crippen LogP contribution is 2.34. The van der Waals surface area contributed by atoms with Crippen LogP contribution in [0.4, 0.5) is 5.82 Å². The first kappa shape index (κ1) is 15.5. The van der Waals surface area contributed by atoms with Crippen LogP contribution in [-0.2, 0) is 13.6 Å². The van der Waals surface area contributed by atoms with Gasteiger partial charge in [-0.2, -0.15) is 5.10 Å². The lowest BCUT2D eigenvalue weighted by molar-refractivity contribution is 0.305. The summed E-state index contributed by atoms with van der Waals surface area (Å²) >= 11 is 0. The minimum absolute atomic E-state index is 0.696. The van der Waals surface area contributed by atoms with Gasteiger partial charge in [-0.25, -0.2) is 19.6 Å². The van der Waals surface area contributed by atoms with E-state index in [4.69, 9.17) is 0 Å². The number of aromatic nitrogens is 6. The van der Waals surface area contributed by atoms with E-state index in [9.17, 15) is 0 Å². The molecule has 2 saturated heterocycles. The largest absolute Gasteiger partial charge is 0.356 e. The Morgan fingerprint density at radius 3 is 2.54 bits per heavy atom. The van der Waals surface area contributed by atoms with Crippen LogP contribution in [0.5, 0.6) is 0 Å². The third-order valence-corrected chi connectivity index (χ3v) is 5.41. The standard InChI is InChI=1S/C18H22N8/c1-23-10-16(21-13-23)11-24-6-14-8-25(9-15(14)7-24)17-5-18(20-12-19-17)26-4-2-3-22-26/h2-5,10,12-15H,6-9,11H2,1H3. The Morgan fingerprint density at radius 1 is 1.04 bits per heavy atom. The van der Waals surface area contributed by atoms with E-state index >= 15 is 0 Å². The molecule has 5 heterocycles. The Hall–Kier alpha value is -2.74. The van der Waals surface area contributed by atoms with E-state index in [-0.39, 0.29) is 0 Å². The molecule has 134 valence electrons. The van der Waals surface area contributed by atoms with Gasteiger partial charge in [-0.05, 0) is 17.9 Å². The third-order valence-electron chi connectivity index (χ3n) is 5.41. The Bertz CT molecular complexity index is 872. The summed E-state index contributed by atoms with van der Waals surface area (Å²) in [7, 11) is 2.02. The zero-order chi connectivity index (χ0) is 17.5. The van der Waals surface area contributed by atoms with Crippen molar-refractivity contribution in [3.05, 3.63) is 49.1 Å². The van der Waals surface area contributed by atoms with Gasteiger partial charge < -0.3 is 9.47 Å². The zero-order valence-electron chi connectivity index (χ0n) is 14.8. The molecule has 0 spiro atoms. The van der Waals surface area contributed by atoms with Gasteiger partial charge in [-0.1, -0.05) is 0 Å². The Balaban J connectivity index is 1.25. The molecule has 8 nitrogen and oxygen atoms in total. The number of aryl methyl sites for hydroxylation is 1. The number of anilines is 1. The normalized spacial score (nSPS) is 22.9. The van der Waals surface area contributed by atoms with E-state index in [1.54, 1.807) is 17.2 Å². The van der Waals surface area contributed by atoms with Crippen molar-refractivity contribution in [2.45, 2.75) is 6.54 Å². The Labute approximate surface area is 152 Å². The SMILES string of the molecule is Cn1cnc(CN2CC3CN(c4cc(-n5cccn5)ncn4)CC3C2)c1. The van der Waals surface area contributed by atoms with E-state index < -0.39 is 0 Å². The maximum atomic E-state index is 4.50. The molecular weight excluding hydrogens is 328 g/mol. The summed E-state index contributed by atoms with van der Waals surface area (Å²) in [6.07, 6.45) is 9.28. The van der Waals surface area contributed by atoms with Gasteiger partial charge in [0.05, 0.1) is 12.0 Å². The summed E-state index contributed by atoms with van der Waals surface area (Å²) in [5.74, 6) is 3.20. The number of nitrogens with zero attached hydrogens (tertiary/aromatic N) is 8. The van der Waals surface area contributed by atoms with E-state index in [0.717, 1.165) is 50.1 Å². The molecule has 0 amide bonds. The molecule has 2 unspecified atom stereocenters. The average Bonchev–Trinajstić information content (AvgIpc) is 3.39. The number of hydrogen-bond acceptors (Lipinski definition) is 6. The molecule has 2 aliphatic rings. The zero-order valence-corrected chi connectivity index (χ0v) is 14.8. The van der Waals surface area contributed by atoms with Crippen molar-refractivity contribution in [2.75, 3.05) is 31.1 Å². The summed E-state index contributed by atoms with van der Waals surface area (Å²) in [6.45, 7) is 5.33. The van der Waals surface area contributed by atoms with Gasteiger partial charge in [-0.3, -0.25) is 4.90 Å². The third kappa shape index (κ3) is 2.86. The van der Waals surface area contributed by atoms with E-state index in [2.05, 4.69) is 36.0 Å². The molecule has 5 rings (SSSR count). The number of likely N-dealkylation sites (tertiary alicyclic amines) is 1. The van der Waals surface area contributed by atoms with Crippen molar-refractivity contribution in [2.24, 2.45) is 18.9 Å². The molecule has 0 bridgehead atoms. The van der Waals surface area contributed by atoms with Gasteiger partial charge in [0.15, 0.2) is 5.82 Å². The Morgan fingerprint density at radius 2 is 1.85 bits per heavy atom. The van der Waals surface area contributed by atoms with Crippen LogP contribution in [0.1, 0.15) is 5.69 Å². The quantitative estimate of drug-likeness (QED) is 0.698. The number of imidazole rings is 1. The molecule has 2 fully saturated rings. The second-order valence-corrected chi connectivity index (χ2v) is 7.33. The van der Waals surface area contributed by atoms with Crippen molar-refractivity contribution >= 4 is 5.82 Å². The minimum atomic E-state index is 0.696. The lowest BCUT2D eigenvalue weighted by Crippen LogP contribution is -2.29. The fourth-order valence-corrected chi connectivity index (χ4v) is 4.22. The van der Waals surface area contributed by atoms with Crippen molar-refractivity contribution in [1.82, 2.24) is 34.2 Å². The molecule has 8 heteroatoms. The highest BCUT2D eigenvalue weighted by Gasteiger charge is 2.40. The smallest absolute Gasteiger partial charge is 0.158 e. The average molecular weight is 350 g/mol. The van der Waals surface area contributed by atoms with Crippen LogP contribution >= 0.6 is 0 Å². The van der Waals surface area contributed by atoms with Gasteiger partial charge >= 0.3 is 0 Å². The first-order valence-electron chi connectivity index (χ1n) is 9.01. The molecule has 2 atom stereocenters. The monoisotopic (exact) mass is 350 g/mol. The number of fused-ring (bicyclic) bond motifs is 1. The summed E-state index contributed by atoms with van der Waals surface area (Å²) in [5.41, 5.74) is 1.16. The lowest BCUT2D eigenvalue weighted by Gasteiger charge is -2.22. The van der Waals surface area contributed by atoms with Crippen LogP contribution in [0.25, 0.3) is 5.82 Å². The second kappa shape index (κ2) is 6.21. The number of rotatable bonds is 4. The van der Waals surface area contributed by atoms with E-state index in [1.165, 1.54) is 0 Å². The van der Waals surface area contributed by atoms with Gasteiger partial charge in [0.25, 0.3) is 0 Å². The lowest BCUT2D eigenvalue weighted by atomic mass is 10.0. The summed E-state index contributed by atoms with van der Waals surface area (Å²) in [4.78, 5) is 18.2. The first-order valence-corrected chi connectivity index (χ1v) is 9.01. The van der Waals surface area contributed by atoms with Crippen LogP contribution < -0.4 is 4.90 Å². The van der Waals surface area contributed by atoms with Gasteiger partial charge in [0.2, 0.25) is 0 Å². The maximum Gasteiger partial charge on any atom is 0.158 e. The van der Waals surface area contributed by atoms with Crippen molar-refractivity contribution in [1.29, 1.82) is 0 Å². The van der Waals surface area contributed by atoms with Gasteiger partial charge in [0, 0.05) is 64.4 Å². The molecular formula is C18H22N8. The minimum Gasteiger partial charge on any atom is -0.356 e. The molecule has 3 aromatic heterocycles. The summed E-state index contributed by atoms with van der Waals surface area (Å²) in [6, 6.07) is 3.93. The van der Waals surface area contributed by atoms with Crippen LogP contribution in [0.2, 0.25) is 0 Å². The predicted octanol–water partition coefficient (Wildman–Crippen LogP) is 0.964. The molecule has 3 aromatic rings. The number of hydrogen-bond donors (Lipinski definition) is 0. The molecule has 2 aliphatic heterocycles. The van der Waals surface area contributed by atoms with Crippen LogP contribution in [0.15, 0.2) is 43.4 Å². The highest BCUT2D eigenvalue weighted by atomic mass is 15.3. The predicted molar refractivity (Wildman–Crippen MR) is 96.8 cm³/mol.